The molecule has 1 heterocycles. The average Bonchev–Trinajstić information content (AvgIpc) is 2.46. The van der Waals surface area contributed by atoms with Crippen molar-refractivity contribution in [3.8, 4) is 11.5 Å². The Balaban J connectivity index is 1.72. The minimum atomic E-state index is 0.573. The van der Waals surface area contributed by atoms with Gasteiger partial charge in [-0.15, -0.1) is 0 Å². The maximum Gasteiger partial charge on any atom is 0.126 e. The largest absolute Gasteiger partial charge is 0.497 e. The minimum Gasteiger partial charge on any atom is -0.497 e. The van der Waals surface area contributed by atoms with Crippen molar-refractivity contribution in [2.75, 3.05) is 25.6 Å². The summed E-state index contributed by atoms with van der Waals surface area (Å²) < 4.78 is 11.6. The number of hydrogen-bond donors (Lipinski definition) is 1. The second-order valence-corrected chi connectivity index (χ2v) is 4.73. The van der Waals surface area contributed by atoms with E-state index in [-0.39, 0.29) is 0 Å². The number of ether oxygens (including phenoxy) is 2. The number of anilines is 1. The molecule has 19 heavy (non-hydrogen) atoms. The summed E-state index contributed by atoms with van der Waals surface area (Å²) >= 11 is 3.34. The Hall–Kier alpha value is -1.75. The number of nitrogens with zero attached hydrogens (tertiary/aromatic N) is 1. The average molecular weight is 323 g/mol. The van der Waals surface area contributed by atoms with Crippen molar-refractivity contribution in [3.05, 3.63) is 47.1 Å². The molecule has 1 aromatic carbocycles. The number of benzene rings is 1. The van der Waals surface area contributed by atoms with E-state index in [1.54, 1.807) is 13.3 Å². The Kier molecular flexibility index (Phi) is 5.03. The summed E-state index contributed by atoms with van der Waals surface area (Å²) in [6.45, 7) is 1.27. The molecule has 0 aliphatic heterocycles. The molecular weight excluding hydrogens is 308 g/mol. The molecule has 0 bridgehead atoms. The standard InChI is InChI=1S/C14H15BrN2O2/c1-18-12-3-5-13(6-4-12)19-9-8-16-14-7-2-11(15)10-17-14/h2-7,10H,8-9H2,1H3,(H,16,17). The summed E-state index contributed by atoms with van der Waals surface area (Å²) in [6.07, 6.45) is 1.76. The Morgan fingerprint density at radius 2 is 1.84 bits per heavy atom. The molecule has 0 spiro atoms. The molecular formula is C14H15BrN2O2. The van der Waals surface area contributed by atoms with Crippen molar-refractivity contribution in [2.45, 2.75) is 0 Å². The second kappa shape index (κ2) is 6.99. The van der Waals surface area contributed by atoms with Gasteiger partial charge in [-0.25, -0.2) is 4.98 Å². The third kappa shape index (κ3) is 4.44. The van der Waals surface area contributed by atoms with Crippen molar-refractivity contribution in [1.82, 2.24) is 4.98 Å². The van der Waals surface area contributed by atoms with Gasteiger partial charge in [0.05, 0.1) is 13.7 Å². The minimum absolute atomic E-state index is 0.573. The molecule has 100 valence electrons. The highest BCUT2D eigenvalue weighted by molar-refractivity contribution is 9.10. The van der Waals surface area contributed by atoms with Crippen molar-refractivity contribution < 1.29 is 9.47 Å². The van der Waals surface area contributed by atoms with E-state index in [4.69, 9.17) is 9.47 Å². The third-order valence-electron chi connectivity index (χ3n) is 2.46. The number of nitrogens with one attached hydrogen (secondary N) is 1. The lowest BCUT2D eigenvalue weighted by molar-refractivity contribution is 0.331. The van der Waals surface area contributed by atoms with Crippen LogP contribution in [-0.4, -0.2) is 25.2 Å². The van der Waals surface area contributed by atoms with Gasteiger partial charge in [0.25, 0.3) is 0 Å². The molecule has 0 radical (unpaired) electrons. The first-order valence-corrected chi connectivity index (χ1v) is 6.69. The quantitative estimate of drug-likeness (QED) is 0.828. The maximum atomic E-state index is 5.60. The van der Waals surface area contributed by atoms with E-state index in [0.29, 0.717) is 13.2 Å². The van der Waals surface area contributed by atoms with Crippen molar-refractivity contribution in [2.24, 2.45) is 0 Å². The van der Waals surface area contributed by atoms with Gasteiger partial charge in [-0.05, 0) is 52.3 Å². The number of aromatic nitrogens is 1. The first-order chi connectivity index (χ1) is 9.28. The van der Waals surface area contributed by atoms with E-state index in [1.165, 1.54) is 0 Å². The fourth-order valence-corrected chi connectivity index (χ4v) is 1.73. The van der Waals surface area contributed by atoms with Gasteiger partial charge in [-0.3, -0.25) is 0 Å². The zero-order valence-corrected chi connectivity index (χ0v) is 12.2. The summed E-state index contributed by atoms with van der Waals surface area (Å²) in [5.74, 6) is 2.48. The molecule has 2 rings (SSSR count). The first-order valence-electron chi connectivity index (χ1n) is 5.90. The zero-order chi connectivity index (χ0) is 13.5. The summed E-state index contributed by atoms with van der Waals surface area (Å²) in [6, 6.07) is 11.4. The molecule has 0 unspecified atom stereocenters. The predicted octanol–water partition coefficient (Wildman–Crippen LogP) is 3.34. The van der Waals surface area contributed by atoms with E-state index in [2.05, 4.69) is 26.2 Å². The molecule has 4 nitrogen and oxygen atoms in total. The van der Waals surface area contributed by atoms with Gasteiger partial charge in [0.15, 0.2) is 0 Å². The van der Waals surface area contributed by atoms with Crippen LogP contribution >= 0.6 is 15.9 Å². The maximum absolute atomic E-state index is 5.60. The molecule has 1 aromatic heterocycles. The SMILES string of the molecule is COc1ccc(OCCNc2ccc(Br)cn2)cc1. The van der Waals surface area contributed by atoms with Gasteiger partial charge < -0.3 is 14.8 Å². The van der Waals surface area contributed by atoms with E-state index in [1.807, 2.05) is 36.4 Å². The van der Waals surface area contributed by atoms with Crippen LogP contribution in [0.25, 0.3) is 0 Å². The topological polar surface area (TPSA) is 43.4 Å². The van der Waals surface area contributed by atoms with Crippen molar-refractivity contribution in [1.29, 1.82) is 0 Å². The first kappa shape index (κ1) is 13.7. The number of rotatable bonds is 6. The smallest absolute Gasteiger partial charge is 0.126 e. The molecule has 2 aromatic rings. The lowest BCUT2D eigenvalue weighted by Crippen LogP contribution is -2.12. The Morgan fingerprint density at radius 3 is 2.47 bits per heavy atom. The molecule has 0 aliphatic rings. The summed E-state index contributed by atoms with van der Waals surface area (Å²) in [7, 11) is 1.64. The van der Waals surface area contributed by atoms with Gasteiger partial charge in [-0.1, -0.05) is 0 Å². The van der Waals surface area contributed by atoms with E-state index >= 15 is 0 Å². The highest BCUT2D eigenvalue weighted by atomic mass is 79.9. The van der Waals surface area contributed by atoms with Gasteiger partial charge in [0, 0.05) is 10.7 Å². The van der Waals surface area contributed by atoms with Crippen LogP contribution in [0.3, 0.4) is 0 Å². The van der Waals surface area contributed by atoms with E-state index in [0.717, 1.165) is 21.8 Å². The van der Waals surface area contributed by atoms with Crippen LogP contribution in [0, 0.1) is 0 Å². The van der Waals surface area contributed by atoms with E-state index < -0.39 is 0 Å². The van der Waals surface area contributed by atoms with Crippen LogP contribution in [-0.2, 0) is 0 Å². The second-order valence-electron chi connectivity index (χ2n) is 3.81. The van der Waals surface area contributed by atoms with Crippen LogP contribution in [0.15, 0.2) is 47.1 Å². The molecule has 0 amide bonds. The molecule has 0 atom stereocenters. The van der Waals surface area contributed by atoms with Crippen LogP contribution in [0.1, 0.15) is 0 Å². The molecule has 1 N–H and O–H groups in total. The van der Waals surface area contributed by atoms with Gasteiger partial charge in [-0.2, -0.15) is 0 Å². The molecule has 5 heteroatoms. The number of halogens is 1. The lowest BCUT2D eigenvalue weighted by Gasteiger charge is -2.08. The summed E-state index contributed by atoms with van der Waals surface area (Å²) in [4.78, 5) is 4.22. The van der Waals surface area contributed by atoms with Crippen LogP contribution < -0.4 is 14.8 Å². The number of pyridine rings is 1. The molecule has 0 fully saturated rings. The Labute approximate surface area is 120 Å². The molecule has 0 aliphatic carbocycles. The number of hydrogen-bond acceptors (Lipinski definition) is 4. The lowest BCUT2D eigenvalue weighted by atomic mass is 10.3. The highest BCUT2D eigenvalue weighted by Gasteiger charge is 1.96. The highest BCUT2D eigenvalue weighted by Crippen LogP contribution is 2.16. The molecule has 0 saturated carbocycles. The van der Waals surface area contributed by atoms with Gasteiger partial charge >= 0.3 is 0 Å². The number of methoxy groups -OCH3 is 1. The van der Waals surface area contributed by atoms with Crippen LogP contribution in [0.2, 0.25) is 0 Å². The fraction of sp³-hybridized carbons (Fsp3) is 0.214. The van der Waals surface area contributed by atoms with Gasteiger partial charge in [0.2, 0.25) is 0 Å². The third-order valence-corrected chi connectivity index (χ3v) is 2.93. The summed E-state index contributed by atoms with van der Waals surface area (Å²) in [5, 5.41) is 3.18. The van der Waals surface area contributed by atoms with Gasteiger partial charge in [0.1, 0.15) is 23.9 Å². The zero-order valence-electron chi connectivity index (χ0n) is 10.6. The van der Waals surface area contributed by atoms with Crippen molar-refractivity contribution >= 4 is 21.7 Å². The fourth-order valence-electron chi connectivity index (χ4n) is 1.50. The summed E-state index contributed by atoms with van der Waals surface area (Å²) in [5.41, 5.74) is 0. The molecule has 0 saturated heterocycles. The monoisotopic (exact) mass is 322 g/mol. The van der Waals surface area contributed by atoms with Crippen molar-refractivity contribution in [3.63, 3.8) is 0 Å². The van der Waals surface area contributed by atoms with Crippen LogP contribution in [0.4, 0.5) is 5.82 Å². The Morgan fingerprint density at radius 1 is 1.11 bits per heavy atom. The van der Waals surface area contributed by atoms with E-state index in [9.17, 15) is 0 Å². The predicted molar refractivity (Wildman–Crippen MR) is 78.9 cm³/mol. The normalized spacial score (nSPS) is 10.0. The Bertz CT molecular complexity index is 500. The van der Waals surface area contributed by atoms with Crippen LogP contribution in [0.5, 0.6) is 11.5 Å².